The van der Waals surface area contributed by atoms with Gasteiger partial charge in [0.05, 0.1) is 11.2 Å². The Morgan fingerprint density at radius 1 is 0.865 bits per heavy atom. The van der Waals surface area contributed by atoms with Crippen LogP contribution in [0.15, 0.2) is 103 Å². The van der Waals surface area contributed by atoms with Crippen molar-refractivity contribution in [3.8, 4) is 11.4 Å². The fourth-order valence-corrected chi connectivity index (χ4v) is 5.08. The van der Waals surface area contributed by atoms with Crippen LogP contribution in [0.2, 0.25) is 0 Å². The zero-order chi connectivity index (χ0) is 25.2. The van der Waals surface area contributed by atoms with Crippen LogP contribution in [0.4, 0.5) is 16.3 Å². The van der Waals surface area contributed by atoms with E-state index in [1.165, 1.54) is 16.0 Å². The molecule has 2 N–H and O–H groups in total. The summed E-state index contributed by atoms with van der Waals surface area (Å²) in [6.07, 6.45) is -0.240. The van der Waals surface area contributed by atoms with Crippen molar-refractivity contribution in [1.82, 2.24) is 9.97 Å². The van der Waals surface area contributed by atoms with E-state index in [1.807, 2.05) is 54.6 Å². The lowest BCUT2D eigenvalue weighted by Crippen LogP contribution is -2.26. The first kappa shape index (κ1) is 22.7. The normalized spacial score (nSPS) is 12.6. The first-order chi connectivity index (χ1) is 18.2. The number of nitrogens with zero attached hydrogens (tertiary/aromatic N) is 3. The van der Waals surface area contributed by atoms with E-state index in [-0.39, 0.29) is 5.92 Å². The predicted molar refractivity (Wildman–Crippen MR) is 147 cm³/mol. The van der Waals surface area contributed by atoms with Crippen molar-refractivity contribution < 1.29 is 9.90 Å². The van der Waals surface area contributed by atoms with Gasteiger partial charge in [0.2, 0.25) is 0 Å². The topological polar surface area (TPSA) is 78.3 Å². The molecule has 6 rings (SSSR count). The molecule has 37 heavy (non-hydrogen) atoms. The Balaban J connectivity index is 1.37. The Morgan fingerprint density at radius 2 is 1.54 bits per heavy atom. The van der Waals surface area contributed by atoms with E-state index in [0.29, 0.717) is 25.3 Å². The molecule has 0 fully saturated rings. The highest BCUT2D eigenvalue weighted by Gasteiger charge is 2.25. The number of carbonyl (C=O) groups is 1. The highest BCUT2D eigenvalue weighted by atomic mass is 16.4. The van der Waals surface area contributed by atoms with Gasteiger partial charge in [0.1, 0.15) is 5.82 Å². The van der Waals surface area contributed by atoms with Gasteiger partial charge >= 0.3 is 6.09 Å². The van der Waals surface area contributed by atoms with Gasteiger partial charge in [-0.3, -0.25) is 4.90 Å². The van der Waals surface area contributed by atoms with Gasteiger partial charge in [-0.2, -0.15) is 0 Å². The Labute approximate surface area is 215 Å². The third kappa shape index (κ3) is 4.49. The number of hydrogen-bond acceptors (Lipinski definition) is 4. The van der Waals surface area contributed by atoms with Gasteiger partial charge in [0, 0.05) is 30.0 Å². The molecule has 0 aliphatic carbocycles. The standard InChI is InChI=1S/C31H26N4O2/c36-31(37)35-18-17-23-19-24(15-16-28(23)35)29-33-27-14-8-7-13-25(27)30(34-29)32-20-26(21-9-3-1-4-10-21)22-11-5-2-6-12-22/h1-16,19,26H,17-18,20H2,(H,36,37)(H,32,33,34). The van der Waals surface area contributed by atoms with Crippen LogP contribution in [0, 0.1) is 0 Å². The number of carboxylic acid groups (broad SMARTS) is 1. The number of aromatic nitrogens is 2. The molecule has 0 bridgehead atoms. The van der Waals surface area contributed by atoms with Crippen LogP contribution in [0.25, 0.3) is 22.3 Å². The van der Waals surface area contributed by atoms with Crippen LogP contribution in [-0.2, 0) is 6.42 Å². The largest absolute Gasteiger partial charge is 0.465 e. The van der Waals surface area contributed by atoms with Crippen LogP contribution >= 0.6 is 0 Å². The molecular formula is C31H26N4O2. The van der Waals surface area contributed by atoms with Crippen molar-refractivity contribution in [3.63, 3.8) is 0 Å². The maximum atomic E-state index is 11.5. The highest BCUT2D eigenvalue weighted by molar-refractivity contribution is 5.92. The minimum absolute atomic E-state index is 0.154. The second-order valence-electron chi connectivity index (χ2n) is 9.20. The van der Waals surface area contributed by atoms with E-state index in [4.69, 9.17) is 9.97 Å². The molecule has 0 atom stereocenters. The van der Waals surface area contributed by atoms with Crippen LogP contribution in [0.3, 0.4) is 0 Å². The number of anilines is 2. The molecule has 6 heteroatoms. The Kier molecular flexibility index (Phi) is 5.98. The summed E-state index contributed by atoms with van der Waals surface area (Å²) in [7, 11) is 0. The highest BCUT2D eigenvalue weighted by Crippen LogP contribution is 2.33. The molecule has 2 heterocycles. The van der Waals surface area contributed by atoms with Gasteiger partial charge in [-0.15, -0.1) is 0 Å². The summed E-state index contributed by atoms with van der Waals surface area (Å²) >= 11 is 0. The Bertz CT molecular complexity index is 1530. The molecule has 1 aliphatic heterocycles. The average Bonchev–Trinajstić information content (AvgIpc) is 3.38. The van der Waals surface area contributed by atoms with Crippen molar-refractivity contribution in [2.45, 2.75) is 12.3 Å². The lowest BCUT2D eigenvalue weighted by molar-refractivity contribution is 0.202. The maximum absolute atomic E-state index is 11.5. The van der Waals surface area contributed by atoms with Crippen molar-refractivity contribution in [1.29, 1.82) is 0 Å². The summed E-state index contributed by atoms with van der Waals surface area (Å²) in [5.74, 6) is 1.56. The molecule has 0 saturated carbocycles. The first-order valence-corrected chi connectivity index (χ1v) is 12.4. The molecule has 1 amide bonds. The van der Waals surface area contributed by atoms with Crippen LogP contribution < -0.4 is 10.2 Å². The van der Waals surface area contributed by atoms with Crippen LogP contribution in [0.1, 0.15) is 22.6 Å². The number of para-hydroxylation sites is 1. The summed E-state index contributed by atoms with van der Waals surface area (Å²) in [5, 5.41) is 14.1. The lowest BCUT2D eigenvalue weighted by atomic mass is 9.91. The molecule has 6 nitrogen and oxygen atoms in total. The van der Waals surface area contributed by atoms with Gasteiger partial charge in [0.15, 0.2) is 5.82 Å². The third-order valence-corrected chi connectivity index (χ3v) is 6.94. The van der Waals surface area contributed by atoms with Crippen molar-refractivity contribution in [2.75, 3.05) is 23.3 Å². The molecule has 0 spiro atoms. The number of hydrogen-bond donors (Lipinski definition) is 2. The monoisotopic (exact) mass is 486 g/mol. The summed E-state index contributed by atoms with van der Waals surface area (Å²) < 4.78 is 0. The van der Waals surface area contributed by atoms with Gasteiger partial charge in [-0.1, -0.05) is 72.8 Å². The van der Waals surface area contributed by atoms with Gasteiger partial charge in [-0.25, -0.2) is 14.8 Å². The molecule has 0 unspecified atom stereocenters. The van der Waals surface area contributed by atoms with Gasteiger partial charge in [0.25, 0.3) is 0 Å². The zero-order valence-corrected chi connectivity index (χ0v) is 20.2. The van der Waals surface area contributed by atoms with Gasteiger partial charge in [-0.05, 0) is 53.4 Å². The maximum Gasteiger partial charge on any atom is 0.411 e. The number of rotatable bonds is 6. The van der Waals surface area contributed by atoms with E-state index in [2.05, 4.69) is 53.8 Å². The van der Waals surface area contributed by atoms with Crippen LogP contribution in [-0.4, -0.2) is 34.3 Å². The van der Waals surface area contributed by atoms with Crippen molar-refractivity contribution >= 4 is 28.5 Å². The second-order valence-corrected chi connectivity index (χ2v) is 9.20. The van der Waals surface area contributed by atoms with Crippen molar-refractivity contribution in [3.05, 3.63) is 120 Å². The van der Waals surface area contributed by atoms with E-state index in [9.17, 15) is 9.90 Å². The summed E-state index contributed by atoms with van der Waals surface area (Å²) in [6, 6.07) is 34.8. The molecule has 1 aliphatic rings. The first-order valence-electron chi connectivity index (χ1n) is 12.4. The fraction of sp³-hybridized carbons (Fsp3) is 0.129. The quantitative estimate of drug-likeness (QED) is 0.283. The zero-order valence-electron chi connectivity index (χ0n) is 20.2. The summed E-state index contributed by atoms with van der Waals surface area (Å²) in [4.78, 5) is 22.7. The van der Waals surface area contributed by atoms with Crippen LogP contribution in [0.5, 0.6) is 0 Å². The van der Waals surface area contributed by atoms with E-state index in [1.54, 1.807) is 0 Å². The lowest BCUT2D eigenvalue weighted by Gasteiger charge is -2.20. The molecule has 182 valence electrons. The average molecular weight is 487 g/mol. The van der Waals surface area contributed by atoms with E-state index < -0.39 is 6.09 Å². The minimum Gasteiger partial charge on any atom is -0.465 e. The molecule has 5 aromatic rings. The number of amides is 1. The molecular weight excluding hydrogens is 460 g/mol. The third-order valence-electron chi connectivity index (χ3n) is 6.94. The number of nitrogens with one attached hydrogen (secondary N) is 1. The van der Waals surface area contributed by atoms with E-state index in [0.717, 1.165) is 33.5 Å². The second kappa shape index (κ2) is 9.74. The molecule has 1 aromatic heterocycles. The smallest absolute Gasteiger partial charge is 0.411 e. The number of fused-ring (bicyclic) bond motifs is 2. The Morgan fingerprint density at radius 3 is 2.24 bits per heavy atom. The fourth-order valence-electron chi connectivity index (χ4n) is 5.08. The predicted octanol–water partition coefficient (Wildman–Crippen LogP) is 6.58. The molecule has 0 radical (unpaired) electrons. The van der Waals surface area contributed by atoms with E-state index >= 15 is 0 Å². The summed E-state index contributed by atoms with van der Waals surface area (Å²) in [6.45, 7) is 1.14. The number of benzene rings is 4. The molecule has 4 aromatic carbocycles. The minimum atomic E-state index is -0.925. The SMILES string of the molecule is O=C(O)N1CCc2cc(-c3nc(NCC(c4ccccc4)c4ccccc4)c4ccccc4n3)ccc21. The van der Waals surface area contributed by atoms with Crippen molar-refractivity contribution in [2.24, 2.45) is 0 Å². The van der Waals surface area contributed by atoms with Gasteiger partial charge < -0.3 is 10.4 Å². The molecule has 0 saturated heterocycles. The summed E-state index contributed by atoms with van der Waals surface area (Å²) in [5.41, 5.74) is 5.95. The Hall–Kier alpha value is -4.71.